The van der Waals surface area contributed by atoms with Gasteiger partial charge in [0.15, 0.2) is 0 Å². The molecular weight excluding hydrogens is 887 g/mol. The molecule has 0 spiro atoms. The molecule has 4 aromatic heterocycles. The molecule has 73 heavy (non-hydrogen) atoms. The topological polar surface area (TPSA) is 38.9 Å². The number of rotatable bonds is 10. The number of hydrogen-bond donors (Lipinski definition) is 0. The largest absolute Gasteiger partial charge is 0.350 e. The van der Waals surface area contributed by atoms with Crippen LogP contribution in [0.4, 0.5) is 17.1 Å². The molecule has 0 bridgehead atoms. The predicted molar refractivity (Wildman–Crippen MR) is 307 cm³/mol. The van der Waals surface area contributed by atoms with Gasteiger partial charge in [0.25, 0.3) is 0 Å². The fourth-order valence-corrected chi connectivity index (χ4v) is 11.0. The minimum atomic E-state index is 0.902. The summed E-state index contributed by atoms with van der Waals surface area (Å²) in [5.41, 5.74) is 25.4. The summed E-state index contributed by atoms with van der Waals surface area (Å²) in [6, 6.07) is 72.8. The van der Waals surface area contributed by atoms with E-state index in [1.165, 1.54) is 27.4 Å². The number of aromatic nitrogens is 4. The van der Waals surface area contributed by atoms with Crippen molar-refractivity contribution in [2.24, 2.45) is 14.1 Å². The summed E-state index contributed by atoms with van der Waals surface area (Å²) in [7, 11) is 4.28. The number of aryl methyl sites for hydroxylation is 6. The maximum atomic E-state index is 5.22. The molecule has 0 saturated heterocycles. The van der Waals surface area contributed by atoms with E-state index >= 15 is 0 Å². The van der Waals surface area contributed by atoms with Gasteiger partial charge in [-0.3, -0.25) is 9.97 Å². The maximum absolute atomic E-state index is 5.22. The van der Waals surface area contributed by atoms with Gasteiger partial charge in [-0.1, -0.05) is 139 Å². The molecule has 4 heterocycles. The zero-order chi connectivity index (χ0) is 49.7. The van der Waals surface area contributed by atoms with Crippen LogP contribution in [0.2, 0.25) is 0 Å². The van der Waals surface area contributed by atoms with Crippen molar-refractivity contribution in [2.45, 2.75) is 27.7 Å². The highest BCUT2D eigenvalue weighted by atomic mass is 15.1. The molecule has 12 aromatic rings. The van der Waals surface area contributed by atoms with Crippen molar-refractivity contribution >= 4 is 38.9 Å². The van der Waals surface area contributed by atoms with Gasteiger partial charge in [-0.2, -0.15) is 0 Å². The lowest BCUT2D eigenvalue weighted by atomic mass is 9.93. The highest BCUT2D eigenvalue weighted by molar-refractivity contribution is 6.01. The lowest BCUT2D eigenvalue weighted by Crippen LogP contribution is -2.14. The Labute approximate surface area is 428 Å². The number of nitrogens with zero attached hydrogens (tertiary/aromatic N) is 5. The first-order valence-corrected chi connectivity index (χ1v) is 25.1. The van der Waals surface area contributed by atoms with Gasteiger partial charge in [-0.05, 0) is 150 Å². The molecule has 0 N–H and O–H groups in total. The Morgan fingerprint density at radius 2 is 0.740 bits per heavy atom. The Hall–Kier alpha value is -9.06. The predicted octanol–water partition coefficient (Wildman–Crippen LogP) is 17.8. The van der Waals surface area contributed by atoms with E-state index in [2.05, 4.69) is 268 Å². The van der Waals surface area contributed by atoms with E-state index in [9.17, 15) is 0 Å². The summed E-state index contributed by atoms with van der Waals surface area (Å²) in [6.45, 7) is 8.76. The smallest absolute Gasteiger partial charge is 0.0709 e. The van der Waals surface area contributed by atoms with Crippen LogP contribution >= 0.6 is 0 Å². The first-order chi connectivity index (χ1) is 35.6. The molecular formula is C68H55N5. The molecule has 5 heteroatoms. The second-order valence-electron chi connectivity index (χ2n) is 19.6. The molecule has 0 fully saturated rings. The average Bonchev–Trinajstić information content (AvgIpc) is 3.95. The van der Waals surface area contributed by atoms with Crippen molar-refractivity contribution in [3.05, 3.63) is 247 Å². The molecule has 0 aliphatic rings. The van der Waals surface area contributed by atoms with Gasteiger partial charge in [0, 0.05) is 99.9 Å². The fourth-order valence-electron chi connectivity index (χ4n) is 11.0. The third-order valence-corrected chi connectivity index (χ3v) is 14.5. The Kier molecular flexibility index (Phi) is 11.5. The van der Waals surface area contributed by atoms with Gasteiger partial charge in [0.05, 0.1) is 17.1 Å². The maximum Gasteiger partial charge on any atom is 0.0709 e. The molecule has 8 aromatic carbocycles. The van der Waals surface area contributed by atoms with Crippen molar-refractivity contribution in [3.8, 4) is 78.1 Å². The summed E-state index contributed by atoms with van der Waals surface area (Å²) in [5.74, 6) is 0. The van der Waals surface area contributed by atoms with Crippen LogP contribution in [0.3, 0.4) is 0 Å². The van der Waals surface area contributed by atoms with Crippen LogP contribution in [-0.4, -0.2) is 19.1 Å². The zero-order valence-electron chi connectivity index (χ0n) is 42.1. The number of benzene rings is 8. The van der Waals surface area contributed by atoms with Crippen molar-refractivity contribution < 1.29 is 0 Å². The minimum absolute atomic E-state index is 0.902. The summed E-state index contributed by atoms with van der Waals surface area (Å²) in [5, 5.41) is 2.38. The van der Waals surface area contributed by atoms with Crippen molar-refractivity contribution in [1.82, 2.24) is 19.1 Å². The summed E-state index contributed by atoms with van der Waals surface area (Å²) in [4.78, 5) is 12.9. The quantitative estimate of drug-likeness (QED) is 0.137. The SMILES string of the molecule is Cc1cc(C)c(N(c2cc(-c3cc(-c4ccccc4)c(C)cn3)cc(-c3cn(C)c4ccccc34)c2)c2cc(-c3cc(-c4ccccc4)c(C)cn3)cc(-c3cn(C)c4ccccc34)c2)c(-c2ccccc2)c1. The first kappa shape index (κ1) is 45.1. The fraction of sp³-hybridized carbons (Fsp3) is 0.0882. The Morgan fingerprint density at radius 3 is 1.19 bits per heavy atom. The second-order valence-corrected chi connectivity index (χ2v) is 19.6. The van der Waals surface area contributed by atoms with E-state index in [1.807, 2.05) is 12.4 Å². The van der Waals surface area contributed by atoms with E-state index in [0.717, 1.165) is 112 Å². The Balaban J connectivity index is 1.19. The Bertz CT molecular complexity index is 3820. The summed E-state index contributed by atoms with van der Waals surface area (Å²) >= 11 is 0. The molecule has 352 valence electrons. The van der Waals surface area contributed by atoms with Crippen molar-refractivity contribution in [1.29, 1.82) is 0 Å². The number of fused-ring (bicyclic) bond motifs is 2. The van der Waals surface area contributed by atoms with Gasteiger partial charge < -0.3 is 14.0 Å². The van der Waals surface area contributed by atoms with Crippen LogP contribution in [0, 0.1) is 27.7 Å². The van der Waals surface area contributed by atoms with Crippen LogP contribution in [0.25, 0.3) is 100.0 Å². The first-order valence-electron chi connectivity index (χ1n) is 25.1. The molecule has 0 saturated carbocycles. The Morgan fingerprint density at radius 1 is 0.342 bits per heavy atom. The summed E-state index contributed by atoms with van der Waals surface area (Å²) < 4.78 is 4.48. The van der Waals surface area contributed by atoms with Crippen LogP contribution in [-0.2, 0) is 14.1 Å². The molecule has 0 unspecified atom stereocenters. The lowest BCUT2D eigenvalue weighted by molar-refractivity contribution is 0.970. The van der Waals surface area contributed by atoms with E-state index in [4.69, 9.17) is 9.97 Å². The number of para-hydroxylation sites is 2. The number of anilines is 3. The van der Waals surface area contributed by atoms with E-state index in [-0.39, 0.29) is 0 Å². The highest BCUT2D eigenvalue weighted by Crippen LogP contribution is 2.49. The monoisotopic (exact) mass is 941 g/mol. The molecule has 12 rings (SSSR count). The van der Waals surface area contributed by atoms with Gasteiger partial charge in [0.1, 0.15) is 0 Å². The summed E-state index contributed by atoms with van der Waals surface area (Å²) in [6.07, 6.45) is 8.59. The van der Waals surface area contributed by atoms with E-state index in [1.54, 1.807) is 0 Å². The number of hydrogen-bond acceptors (Lipinski definition) is 3. The molecule has 0 atom stereocenters. The molecule has 0 radical (unpaired) electrons. The third-order valence-electron chi connectivity index (χ3n) is 14.5. The van der Waals surface area contributed by atoms with Gasteiger partial charge in [-0.15, -0.1) is 0 Å². The van der Waals surface area contributed by atoms with Gasteiger partial charge in [-0.25, -0.2) is 0 Å². The van der Waals surface area contributed by atoms with Crippen molar-refractivity contribution in [3.63, 3.8) is 0 Å². The second kappa shape index (κ2) is 18.6. The highest BCUT2D eigenvalue weighted by Gasteiger charge is 2.25. The lowest BCUT2D eigenvalue weighted by Gasteiger charge is -2.31. The normalized spacial score (nSPS) is 11.4. The molecule has 0 aliphatic carbocycles. The molecule has 0 aliphatic heterocycles. The zero-order valence-corrected chi connectivity index (χ0v) is 42.1. The molecule has 5 nitrogen and oxygen atoms in total. The number of pyridine rings is 2. The van der Waals surface area contributed by atoms with Crippen molar-refractivity contribution in [2.75, 3.05) is 4.90 Å². The van der Waals surface area contributed by atoms with Crippen LogP contribution in [0.15, 0.2) is 225 Å². The average molecular weight is 942 g/mol. The third kappa shape index (κ3) is 8.39. The van der Waals surface area contributed by atoms with E-state index in [0.29, 0.717) is 0 Å². The van der Waals surface area contributed by atoms with Crippen LogP contribution < -0.4 is 4.90 Å². The molecule has 0 amide bonds. The van der Waals surface area contributed by atoms with Crippen LogP contribution in [0.1, 0.15) is 22.3 Å². The van der Waals surface area contributed by atoms with Gasteiger partial charge >= 0.3 is 0 Å². The van der Waals surface area contributed by atoms with Crippen LogP contribution in [0.5, 0.6) is 0 Å². The van der Waals surface area contributed by atoms with Gasteiger partial charge in [0.2, 0.25) is 0 Å². The van der Waals surface area contributed by atoms with E-state index < -0.39 is 0 Å². The standard InChI is InChI=1S/C68H55N5/c1-44-30-45(2)68(61(31-44)50-24-14-9-15-25-50)73(55-34-51(62-42-71(5)66-28-18-16-26-57(62)66)32-53(36-55)64-38-59(46(3)40-69-64)48-20-10-7-11-21-48)56-35-52(63-43-72(6)67-29-19-17-27-58(63)67)33-54(37-56)65-39-60(47(4)41-70-65)49-22-12-8-13-23-49/h7-43H,1-6H3. The minimum Gasteiger partial charge on any atom is -0.350 e.